The summed E-state index contributed by atoms with van der Waals surface area (Å²) < 4.78 is 49.6. The van der Waals surface area contributed by atoms with Crippen LogP contribution in [0.2, 0.25) is 0 Å². The lowest BCUT2D eigenvalue weighted by Crippen LogP contribution is -2.14. The number of aryl methyl sites for hydroxylation is 1. The first-order chi connectivity index (χ1) is 17.1. The molecular weight excluding hydrogens is 483 g/mol. The Balaban J connectivity index is 0.00000222. The molecule has 0 aliphatic heterocycles. The topological polar surface area (TPSA) is 30.8 Å². The van der Waals surface area contributed by atoms with Crippen LogP contribution in [0.25, 0.3) is 16.7 Å². The van der Waals surface area contributed by atoms with E-state index in [0.717, 1.165) is 27.8 Å². The van der Waals surface area contributed by atoms with Gasteiger partial charge in [-0.25, -0.2) is 0 Å². The number of benzene rings is 3. The summed E-state index contributed by atoms with van der Waals surface area (Å²) in [6, 6.07) is 18.2. The van der Waals surface area contributed by atoms with Crippen LogP contribution in [0.3, 0.4) is 0 Å². The lowest BCUT2D eigenvalue weighted by atomic mass is 9.95. The summed E-state index contributed by atoms with van der Waals surface area (Å²) >= 11 is 3.53. The highest BCUT2D eigenvalue weighted by Gasteiger charge is 2.29. The number of ether oxygens (including phenoxy) is 2. The molecule has 36 heavy (non-hydrogen) atoms. The Hall–Kier alpha value is -3.19. The summed E-state index contributed by atoms with van der Waals surface area (Å²) in [4.78, 5) is 4.53. The molecular formula is C29H32F3NO2S. The zero-order valence-corrected chi connectivity index (χ0v) is 22.1. The minimum atomic E-state index is -4.27. The van der Waals surface area contributed by atoms with Gasteiger partial charge in [0.1, 0.15) is 11.5 Å². The quantitative estimate of drug-likeness (QED) is 0.245. The fourth-order valence-corrected chi connectivity index (χ4v) is 3.84. The first kappa shape index (κ1) is 29.0. The molecule has 0 fully saturated rings. The van der Waals surface area contributed by atoms with Crippen LogP contribution in [0.15, 0.2) is 72.2 Å². The number of aliphatic imine (C=N–C) groups is 1. The second-order valence-corrected chi connectivity index (χ2v) is 8.05. The van der Waals surface area contributed by atoms with E-state index in [-0.39, 0.29) is 12.1 Å². The first-order valence-corrected chi connectivity index (χ1v) is 12.1. The van der Waals surface area contributed by atoms with E-state index in [9.17, 15) is 13.2 Å². The van der Waals surface area contributed by atoms with Gasteiger partial charge < -0.3 is 9.47 Å². The molecule has 0 heterocycles. The largest absolute Gasteiger partial charge is 0.497 e. The van der Waals surface area contributed by atoms with Crippen molar-refractivity contribution in [2.24, 2.45) is 4.99 Å². The first-order valence-electron chi connectivity index (χ1n) is 11.2. The SMILES string of the molecule is C=C(CN=C(C)c1ccccc1CC(F)(F)F)c1ccc(-c2ccc(OC)cc2OC)c(C)c1.CS. The molecule has 0 unspecified atom stereocenters. The van der Waals surface area contributed by atoms with Crippen molar-refractivity contribution in [2.45, 2.75) is 26.4 Å². The highest BCUT2D eigenvalue weighted by atomic mass is 32.1. The molecule has 0 aliphatic carbocycles. The predicted octanol–water partition coefficient (Wildman–Crippen LogP) is 7.85. The van der Waals surface area contributed by atoms with Gasteiger partial charge in [0.25, 0.3) is 0 Å². The zero-order valence-electron chi connectivity index (χ0n) is 21.2. The fourth-order valence-electron chi connectivity index (χ4n) is 3.84. The van der Waals surface area contributed by atoms with Gasteiger partial charge in [0.15, 0.2) is 0 Å². The Bertz CT molecular complexity index is 1220. The molecule has 192 valence electrons. The van der Waals surface area contributed by atoms with E-state index in [0.29, 0.717) is 22.8 Å². The molecule has 0 saturated carbocycles. The predicted molar refractivity (Wildman–Crippen MR) is 147 cm³/mol. The molecule has 0 N–H and O–H groups in total. The van der Waals surface area contributed by atoms with Crippen molar-refractivity contribution in [2.75, 3.05) is 27.0 Å². The lowest BCUT2D eigenvalue weighted by Gasteiger charge is -2.14. The van der Waals surface area contributed by atoms with Gasteiger partial charge in [0.05, 0.1) is 27.2 Å². The number of thiol groups is 1. The molecule has 0 aliphatic rings. The van der Waals surface area contributed by atoms with Crippen LogP contribution in [-0.2, 0) is 6.42 Å². The monoisotopic (exact) mass is 515 g/mol. The fraction of sp³-hybridized carbons (Fsp3) is 0.276. The van der Waals surface area contributed by atoms with Gasteiger partial charge in [-0.3, -0.25) is 4.99 Å². The van der Waals surface area contributed by atoms with Crippen molar-refractivity contribution in [1.82, 2.24) is 0 Å². The van der Waals surface area contributed by atoms with Crippen LogP contribution in [0, 0.1) is 6.92 Å². The molecule has 0 amide bonds. The second kappa shape index (κ2) is 13.2. The number of rotatable bonds is 8. The number of alkyl halides is 3. The van der Waals surface area contributed by atoms with Gasteiger partial charge >= 0.3 is 6.18 Å². The van der Waals surface area contributed by atoms with Crippen LogP contribution in [0.1, 0.15) is 29.2 Å². The Morgan fingerprint density at radius 2 is 1.61 bits per heavy atom. The van der Waals surface area contributed by atoms with E-state index < -0.39 is 12.6 Å². The van der Waals surface area contributed by atoms with E-state index in [2.05, 4.69) is 24.2 Å². The van der Waals surface area contributed by atoms with Crippen LogP contribution in [0.5, 0.6) is 11.5 Å². The summed E-state index contributed by atoms with van der Waals surface area (Å²) in [6.45, 7) is 8.17. The second-order valence-electron chi connectivity index (χ2n) is 8.05. The lowest BCUT2D eigenvalue weighted by molar-refractivity contribution is -0.127. The van der Waals surface area contributed by atoms with E-state index >= 15 is 0 Å². The standard InChI is InChI=1S/C28H28F3NO2.CH4S/c1-18-14-21(10-12-24(18)26-13-11-23(33-4)15-27(26)34-5)19(2)17-32-20(3)25-9-7-6-8-22(25)16-28(29,30)31;1-2/h6-15H,2,16-17H2,1,3-5H3;2H,1H3. The number of nitrogens with zero attached hydrogens (tertiary/aromatic N) is 1. The molecule has 3 nitrogen and oxygen atoms in total. The third-order valence-electron chi connectivity index (χ3n) is 5.64. The van der Waals surface area contributed by atoms with Crippen LogP contribution in [0.4, 0.5) is 13.2 Å². The minimum Gasteiger partial charge on any atom is -0.497 e. The number of methoxy groups -OCH3 is 2. The highest BCUT2D eigenvalue weighted by molar-refractivity contribution is 7.79. The van der Waals surface area contributed by atoms with Crippen LogP contribution < -0.4 is 9.47 Å². The van der Waals surface area contributed by atoms with E-state index in [1.165, 1.54) is 6.07 Å². The Morgan fingerprint density at radius 1 is 0.944 bits per heavy atom. The maximum atomic E-state index is 12.9. The van der Waals surface area contributed by atoms with Crippen molar-refractivity contribution in [3.8, 4) is 22.6 Å². The van der Waals surface area contributed by atoms with Crippen molar-refractivity contribution in [3.63, 3.8) is 0 Å². The maximum Gasteiger partial charge on any atom is 0.393 e. The average Bonchev–Trinajstić information content (AvgIpc) is 2.87. The molecule has 7 heteroatoms. The number of halogens is 3. The van der Waals surface area contributed by atoms with E-state index in [4.69, 9.17) is 9.47 Å². The molecule has 0 radical (unpaired) electrons. The summed E-state index contributed by atoms with van der Waals surface area (Å²) in [7, 11) is 3.23. The molecule has 0 saturated heterocycles. The third kappa shape index (κ3) is 7.65. The summed E-state index contributed by atoms with van der Waals surface area (Å²) in [5.74, 6) is 1.43. The van der Waals surface area contributed by atoms with Crippen LogP contribution >= 0.6 is 12.6 Å². The van der Waals surface area contributed by atoms with Gasteiger partial charge in [0.2, 0.25) is 0 Å². The van der Waals surface area contributed by atoms with Crippen molar-refractivity contribution in [1.29, 1.82) is 0 Å². The van der Waals surface area contributed by atoms with Gasteiger partial charge in [-0.1, -0.05) is 49.0 Å². The highest BCUT2D eigenvalue weighted by Crippen LogP contribution is 2.36. The normalized spacial score (nSPS) is 11.4. The average molecular weight is 516 g/mol. The Morgan fingerprint density at radius 3 is 2.22 bits per heavy atom. The smallest absolute Gasteiger partial charge is 0.393 e. The number of hydrogen-bond donors (Lipinski definition) is 1. The summed E-state index contributed by atoms with van der Waals surface area (Å²) in [6.07, 6.45) is -3.56. The van der Waals surface area contributed by atoms with Gasteiger partial charge in [-0.2, -0.15) is 25.8 Å². The molecule has 0 bridgehead atoms. The van der Waals surface area contributed by atoms with E-state index in [1.54, 1.807) is 45.6 Å². The summed E-state index contributed by atoms with van der Waals surface area (Å²) in [5.41, 5.74) is 6.00. The summed E-state index contributed by atoms with van der Waals surface area (Å²) in [5, 5.41) is 0. The molecule has 0 atom stereocenters. The molecule has 0 spiro atoms. The van der Waals surface area contributed by atoms with Crippen molar-refractivity contribution in [3.05, 3.63) is 89.5 Å². The number of hydrogen-bond acceptors (Lipinski definition) is 4. The van der Waals surface area contributed by atoms with Crippen molar-refractivity contribution >= 4 is 23.9 Å². The van der Waals surface area contributed by atoms with Gasteiger partial charge in [0, 0.05) is 17.3 Å². The van der Waals surface area contributed by atoms with Gasteiger partial charge in [-0.15, -0.1) is 0 Å². The minimum absolute atomic E-state index is 0.218. The molecule has 3 aromatic rings. The van der Waals surface area contributed by atoms with Gasteiger partial charge in [-0.05, 0) is 65.6 Å². The van der Waals surface area contributed by atoms with Crippen LogP contribution in [-0.4, -0.2) is 38.9 Å². The maximum absolute atomic E-state index is 12.9. The molecule has 3 rings (SSSR count). The third-order valence-corrected chi connectivity index (χ3v) is 5.64. The van der Waals surface area contributed by atoms with Crippen molar-refractivity contribution < 1.29 is 22.6 Å². The molecule has 0 aromatic heterocycles. The Kier molecular flexibility index (Phi) is 10.7. The molecule has 3 aromatic carbocycles. The van der Waals surface area contributed by atoms with E-state index in [1.807, 2.05) is 43.3 Å². The Labute approximate surface area is 217 Å². The zero-order chi connectivity index (χ0) is 26.9.